The van der Waals surface area contributed by atoms with Gasteiger partial charge in [-0.1, -0.05) is 6.92 Å². The zero-order valence-corrected chi connectivity index (χ0v) is 8.81. The normalized spacial score (nSPS) is 33.9. The average Bonchev–Trinajstić information content (AvgIpc) is 2.10. The van der Waals surface area contributed by atoms with Gasteiger partial charge in [-0.3, -0.25) is 0 Å². The molecule has 1 aliphatic rings. The van der Waals surface area contributed by atoms with Gasteiger partial charge in [-0.2, -0.15) is 0 Å². The number of carbonyl (C=O) groups excluding carboxylic acids is 1. The van der Waals surface area contributed by atoms with Gasteiger partial charge in [-0.15, -0.1) is 0 Å². The highest BCUT2D eigenvalue weighted by molar-refractivity contribution is 5.74. The van der Waals surface area contributed by atoms with E-state index in [2.05, 4.69) is 24.5 Å². The lowest BCUT2D eigenvalue weighted by Crippen LogP contribution is -2.51. The first-order chi connectivity index (χ1) is 6.06. The molecule has 1 aliphatic carbocycles. The standard InChI is InChI=1S/C10H20N2O/c1-8-4-6-10(2,7-5-8)12-9(13)11-3/h8H,4-7H2,1-3H3,(H2,11,12,13). The molecule has 3 heteroatoms. The Kier molecular flexibility index (Phi) is 3.17. The van der Waals surface area contributed by atoms with Crippen LogP contribution in [0.3, 0.4) is 0 Å². The molecule has 3 nitrogen and oxygen atoms in total. The second kappa shape index (κ2) is 3.99. The van der Waals surface area contributed by atoms with Crippen molar-refractivity contribution < 1.29 is 4.79 Å². The van der Waals surface area contributed by atoms with Crippen molar-refractivity contribution in [2.24, 2.45) is 5.92 Å². The van der Waals surface area contributed by atoms with Gasteiger partial charge in [0.15, 0.2) is 0 Å². The number of carbonyl (C=O) groups is 1. The highest BCUT2D eigenvalue weighted by atomic mass is 16.2. The van der Waals surface area contributed by atoms with Crippen molar-refractivity contribution in [1.29, 1.82) is 0 Å². The minimum atomic E-state index is -0.0583. The fourth-order valence-electron chi connectivity index (χ4n) is 1.86. The van der Waals surface area contributed by atoms with Crippen LogP contribution in [0, 0.1) is 5.92 Å². The third-order valence-corrected chi connectivity index (χ3v) is 3.02. The molecule has 0 atom stereocenters. The molecule has 0 aliphatic heterocycles. The number of hydrogen-bond acceptors (Lipinski definition) is 1. The zero-order valence-electron chi connectivity index (χ0n) is 8.81. The largest absolute Gasteiger partial charge is 0.341 e. The van der Waals surface area contributed by atoms with Crippen LogP contribution in [-0.2, 0) is 0 Å². The van der Waals surface area contributed by atoms with Crippen LogP contribution in [0.1, 0.15) is 39.5 Å². The molecular formula is C10H20N2O. The molecule has 0 unspecified atom stereocenters. The van der Waals surface area contributed by atoms with Gasteiger partial charge in [0.25, 0.3) is 0 Å². The molecule has 1 rings (SSSR count). The van der Waals surface area contributed by atoms with E-state index in [0.29, 0.717) is 0 Å². The van der Waals surface area contributed by atoms with Crippen LogP contribution in [0.25, 0.3) is 0 Å². The van der Waals surface area contributed by atoms with Crippen molar-refractivity contribution in [3.63, 3.8) is 0 Å². The first-order valence-electron chi connectivity index (χ1n) is 5.06. The predicted octanol–water partition coefficient (Wildman–Crippen LogP) is 1.88. The first kappa shape index (κ1) is 10.4. The topological polar surface area (TPSA) is 41.1 Å². The van der Waals surface area contributed by atoms with Crippen LogP contribution in [0.15, 0.2) is 0 Å². The van der Waals surface area contributed by atoms with Gasteiger partial charge in [0.2, 0.25) is 0 Å². The smallest absolute Gasteiger partial charge is 0.314 e. The lowest BCUT2D eigenvalue weighted by atomic mass is 9.78. The molecule has 0 spiro atoms. The summed E-state index contributed by atoms with van der Waals surface area (Å²) < 4.78 is 0. The summed E-state index contributed by atoms with van der Waals surface area (Å²) in [6.07, 6.45) is 4.64. The van der Waals surface area contributed by atoms with E-state index in [1.54, 1.807) is 7.05 Å². The van der Waals surface area contributed by atoms with E-state index in [1.807, 2.05) is 0 Å². The van der Waals surface area contributed by atoms with Gasteiger partial charge >= 0.3 is 6.03 Å². The summed E-state index contributed by atoms with van der Waals surface area (Å²) >= 11 is 0. The summed E-state index contributed by atoms with van der Waals surface area (Å²) in [6.45, 7) is 4.41. The molecule has 0 saturated heterocycles. The Morgan fingerprint density at radius 2 is 1.92 bits per heavy atom. The summed E-state index contributed by atoms with van der Waals surface area (Å²) in [4.78, 5) is 11.1. The Bertz CT molecular complexity index is 183. The van der Waals surface area contributed by atoms with E-state index in [9.17, 15) is 4.79 Å². The maximum Gasteiger partial charge on any atom is 0.314 e. The minimum Gasteiger partial charge on any atom is -0.341 e. The van der Waals surface area contributed by atoms with Crippen molar-refractivity contribution >= 4 is 6.03 Å². The van der Waals surface area contributed by atoms with Crippen molar-refractivity contribution in [3.8, 4) is 0 Å². The Hall–Kier alpha value is -0.730. The number of rotatable bonds is 1. The highest BCUT2D eigenvalue weighted by Gasteiger charge is 2.30. The second-order valence-electron chi connectivity index (χ2n) is 4.45. The fourth-order valence-corrected chi connectivity index (χ4v) is 1.86. The lowest BCUT2D eigenvalue weighted by Gasteiger charge is -2.36. The Labute approximate surface area is 80.3 Å². The predicted molar refractivity (Wildman–Crippen MR) is 53.6 cm³/mol. The zero-order chi connectivity index (χ0) is 9.90. The summed E-state index contributed by atoms with van der Waals surface area (Å²) in [5.74, 6) is 0.819. The van der Waals surface area contributed by atoms with E-state index >= 15 is 0 Å². The summed E-state index contributed by atoms with van der Waals surface area (Å²) in [6, 6.07) is -0.0583. The molecule has 0 radical (unpaired) electrons. The molecule has 13 heavy (non-hydrogen) atoms. The number of urea groups is 1. The van der Waals surface area contributed by atoms with Gasteiger partial charge < -0.3 is 10.6 Å². The quantitative estimate of drug-likeness (QED) is 0.642. The van der Waals surface area contributed by atoms with Crippen molar-refractivity contribution in [2.75, 3.05) is 7.05 Å². The Balaban J connectivity index is 2.43. The van der Waals surface area contributed by atoms with Crippen molar-refractivity contribution in [1.82, 2.24) is 10.6 Å². The summed E-state index contributed by atoms with van der Waals surface area (Å²) in [5, 5.41) is 5.61. The van der Waals surface area contributed by atoms with E-state index in [1.165, 1.54) is 12.8 Å². The number of nitrogens with one attached hydrogen (secondary N) is 2. The molecule has 0 heterocycles. The van der Waals surface area contributed by atoms with Crippen LogP contribution in [-0.4, -0.2) is 18.6 Å². The highest BCUT2D eigenvalue weighted by Crippen LogP contribution is 2.31. The molecule has 0 aromatic rings. The molecule has 2 N–H and O–H groups in total. The Morgan fingerprint density at radius 3 is 2.38 bits per heavy atom. The van der Waals surface area contributed by atoms with E-state index < -0.39 is 0 Å². The molecule has 0 aromatic heterocycles. The molecule has 1 fully saturated rings. The van der Waals surface area contributed by atoms with Gasteiger partial charge in [-0.25, -0.2) is 4.79 Å². The minimum absolute atomic E-state index is 0.0204. The third-order valence-electron chi connectivity index (χ3n) is 3.02. The molecule has 76 valence electrons. The number of hydrogen-bond donors (Lipinski definition) is 2. The second-order valence-corrected chi connectivity index (χ2v) is 4.45. The van der Waals surface area contributed by atoms with Crippen molar-refractivity contribution in [2.45, 2.75) is 45.1 Å². The van der Waals surface area contributed by atoms with Gasteiger partial charge in [0, 0.05) is 12.6 Å². The molecule has 1 saturated carbocycles. The van der Waals surface area contributed by atoms with Crippen LogP contribution in [0.2, 0.25) is 0 Å². The van der Waals surface area contributed by atoms with E-state index in [-0.39, 0.29) is 11.6 Å². The van der Waals surface area contributed by atoms with E-state index in [0.717, 1.165) is 18.8 Å². The first-order valence-corrected chi connectivity index (χ1v) is 5.06. The van der Waals surface area contributed by atoms with Crippen LogP contribution >= 0.6 is 0 Å². The molecule has 2 amide bonds. The van der Waals surface area contributed by atoms with E-state index in [4.69, 9.17) is 0 Å². The van der Waals surface area contributed by atoms with Crippen LogP contribution in [0.5, 0.6) is 0 Å². The van der Waals surface area contributed by atoms with Gasteiger partial charge in [0.05, 0.1) is 0 Å². The summed E-state index contributed by atoms with van der Waals surface area (Å²) in [7, 11) is 1.66. The lowest BCUT2D eigenvalue weighted by molar-refractivity contribution is 0.197. The van der Waals surface area contributed by atoms with Gasteiger partial charge in [0.1, 0.15) is 0 Å². The molecule has 0 bridgehead atoms. The maximum atomic E-state index is 11.1. The molecule has 0 aromatic carbocycles. The molecular weight excluding hydrogens is 164 g/mol. The monoisotopic (exact) mass is 184 g/mol. The number of amides is 2. The maximum absolute atomic E-state index is 11.1. The van der Waals surface area contributed by atoms with Gasteiger partial charge in [-0.05, 0) is 38.5 Å². The fraction of sp³-hybridized carbons (Fsp3) is 0.900. The summed E-state index contributed by atoms with van der Waals surface area (Å²) in [5.41, 5.74) is 0.0204. The van der Waals surface area contributed by atoms with Crippen LogP contribution < -0.4 is 10.6 Å². The average molecular weight is 184 g/mol. The SMILES string of the molecule is CNC(=O)NC1(C)CCC(C)CC1. The van der Waals surface area contributed by atoms with Crippen LogP contribution in [0.4, 0.5) is 4.79 Å². The Morgan fingerprint density at radius 1 is 1.38 bits per heavy atom. The van der Waals surface area contributed by atoms with Crippen molar-refractivity contribution in [3.05, 3.63) is 0 Å². The third kappa shape index (κ3) is 2.90.